The van der Waals surface area contributed by atoms with Crippen LogP contribution in [0.2, 0.25) is 0 Å². The van der Waals surface area contributed by atoms with E-state index in [2.05, 4.69) is 5.73 Å². The molecule has 72 valence electrons. The standard InChI is InChI=1S/C9H10OS.CH5N/c1-7(10)8-5-3-4-6-9(8)11-2;1-2/h3-6H,1-2H3;2H2,1H3. The molecule has 13 heavy (non-hydrogen) atoms. The van der Waals surface area contributed by atoms with Crippen LogP contribution >= 0.6 is 11.8 Å². The quantitative estimate of drug-likeness (QED) is 0.584. The summed E-state index contributed by atoms with van der Waals surface area (Å²) in [6, 6.07) is 7.64. The minimum absolute atomic E-state index is 0.134. The summed E-state index contributed by atoms with van der Waals surface area (Å²) >= 11 is 1.60. The smallest absolute Gasteiger partial charge is 0.160 e. The van der Waals surface area contributed by atoms with Crippen LogP contribution in [0.3, 0.4) is 0 Å². The van der Waals surface area contributed by atoms with Crippen molar-refractivity contribution in [2.45, 2.75) is 11.8 Å². The van der Waals surface area contributed by atoms with Crippen LogP contribution < -0.4 is 5.73 Å². The number of Topliss-reactive ketones (excluding diaryl/α,β-unsaturated/α-hetero) is 1. The zero-order valence-electron chi connectivity index (χ0n) is 8.20. The molecule has 0 aromatic heterocycles. The van der Waals surface area contributed by atoms with Crippen LogP contribution in [0.15, 0.2) is 29.2 Å². The highest BCUT2D eigenvalue weighted by molar-refractivity contribution is 7.98. The van der Waals surface area contributed by atoms with Crippen LogP contribution in [0.1, 0.15) is 17.3 Å². The summed E-state index contributed by atoms with van der Waals surface area (Å²) in [5.41, 5.74) is 5.32. The van der Waals surface area contributed by atoms with Crippen LogP contribution in [0.25, 0.3) is 0 Å². The molecule has 0 radical (unpaired) electrons. The van der Waals surface area contributed by atoms with E-state index in [-0.39, 0.29) is 5.78 Å². The first kappa shape index (κ1) is 12.2. The summed E-state index contributed by atoms with van der Waals surface area (Å²) in [6.07, 6.45) is 1.97. The van der Waals surface area contributed by atoms with Crippen molar-refractivity contribution >= 4 is 17.5 Å². The molecule has 1 aromatic carbocycles. The zero-order chi connectivity index (χ0) is 10.3. The highest BCUT2D eigenvalue weighted by atomic mass is 32.2. The first-order chi connectivity index (χ1) is 6.25. The Morgan fingerprint density at radius 2 is 1.85 bits per heavy atom. The van der Waals surface area contributed by atoms with Crippen LogP contribution in [0.4, 0.5) is 0 Å². The molecule has 0 saturated heterocycles. The Balaban J connectivity index is 0.000000671. The minimum atomic E-state index is 0.134. The molecule has 0 unspecified atom stereocenters. The fourth-order valence-corrected chi connectivity index (χ4v) is 1.58. The third-order valence-corrected chi connectivity index (χ3v) is 2.28. The van der Waals surface area contributed by atoms with E-state index >= 15 is 0 Å². The highest BCUT2D eigenvalue weighted by Crippen LogP contribution is 2.19. The van der Waals surface area contributed by atoms with Gasteiger partial charge >= 0.3 is 0 Å². The molecule has 2 N–H and O–H groups in total. The number of carbonyl (C=O) groups is 1. The van der Waals surface area contributed by atoms with Gasteiger partial charge in [0.1, 0.15) is 0 Å². The molecule has 0 atom stereocenters. The van der Waals surface area contributed by atoms with Gasteiger partial charge in [-0.05, 0) is 26.3 Å². The van der Waals surface area contributed by atoms with Crippen molar-refractivity contribution in [3.05, 3.63) is 29.8 Å². The van der Waals surface area contributed by atoms with Crippen LogP contribution in [-0.2, 0) is 0 Å². The lowest BCUT2D eigenvalue weighted by atomic mass is 10.1. The summed E-state index contributed by atoms with van der Waals surface area (Å²) in [7, 11) is 1.50. The van der Waals surface area contributed by atoms with E-state index in [0.29, 0.717) is 0 Å². The van der Waals surface area contributed by atoms with Crippen molar-refractivity contribution in [2.24, 2.45) is 5.73 Å². The number of rotatable bonds is 2. The molecule has 2 nitrogen and oxygen atoms in total. The van der Waals surface area contributed by atoms with Crippen molar-refractivity contribution in [1.29, 1.82) is 0 Å². The number of nitrogens with two attached hydrogens (primary N) is 1. The molecular weight excluding hydrogens is 182 g/mol. The molecule has 0 aliphatic rings. The maximum Gasteiger partial charge on any atom is 0.160 e. The molecule has 0 saturated carbocycles. The van der Waals surface area contributed by atoms with E-state index in [1.165, 1.54) is 7.05 Å². The van der Waals surface area contributed by atoms with Crippen LogP contribution in [-0.4, -0.2) is 19.1 Å². The van der Waals surface area contributed by atoms with E-state index in [1.807, 2.05) is 30.5 Å². The first-order valence-electron chi connectivity index (χ1n) is 3.97. The molecular formula is C10H15NOS. The average molecular weight is 197 g/mol. The largest absolute Gasteiger partial charge is 0.333 e. The van der Waals surface area contributed by atoms with Gasteiger partial charge < -0.3 is 5.73 Å². The molecule has 0 heterocycles. The molecule has 1 rings (SSSR count). The van der Waals surface area contributed by atoms with E-state index in [0.717, 1.165) is 10.5 Å². The van der Waals surface area contributed by atoms with Crippen LogP contribution in [0, 0.1) is 0 Å². The predicted molar refractivity (Wildman–Crippen MR) is 58.3 cm³/mol. The topological polar surface area (TPSA) is 43.1 Å². The molecule has 1 aromatic rings. The maximum atomic E-state index is 11.0. The van der Waals surface area contributed by atoms with Gasteiger partial charge in [0.15, 0.2) is 5.78 Å². The summed E-state index contributed by atoms with van der Waals surface area (Å²) in [6.45, 7) is 1.59. The Hall–Kier alpha value is -0.800. The third kappa shape index (κ3) is 3.61. The first-order valence-corrected chi connectivity index (χ1v) is 5.20. The van der Waals surface area contributed by atoms with Gasteiger partial charge in [0, 0.05) is 10.5 Å². The number of hydrogen-bond acceptors (Lipinski definition) is 3. The molecule has 0 aliphatic carbocycles. The number of thioether (sulfide) groups is 1. The van der Waals surface area contributed by atoms with E-state index in [9.17, 15) is 4.79 Å². The van der Waals surface area contributed by atoms with Crippen molar-refractivity contribution in [3.63, 3.8) is 0 Å². The second-order valence-corrected chi connectivity index (χ2v) is 3.10. The lowest BCUT2D eigenvalue weighted by Crippen LogP contribution is -1.93. The number of hydrogen-bond donors (Lipinski definition) is 1. The molecule has 0 bridgehead atoms. The fraction of sp³-hybridized carbons (Fsp3) is 0.300. The number of ketones is 1. The Morgan fingerprint density at radius 1 is 1.31 bits per heavy atom. The average Bonchev–Trinajstić information content (AvgIpc) is 2.20. The molecule has 3 heteroatoms. The van der Waals surface area contributed by atoms with Gasteiger partial charge in [0.05, 0.1) is 0 Å². The zero-order valence-corrected chi connectivity index (χ0v) is 9.02. The Bertz CT molecular complexity index is 273. The van der Waals surface area contributed by atoms with E-state index < -0.39 is 0 Å². The summed E-state index contributed by atoms with van der Waals surface area (Å²) in [4.78, 5) is 12.1. The number of benzene rings is 1. The van der Waals surface area contributed by atoms with Gasteiger partial charge in [-0.3, -0.25) is 4.79 Å². The van der Waals surface area contributed by atoms with Gasteiger partial charge in [0.2, 0.25) is 0 Å². The van der Waals surface area contributed by atoms with Crippen molar-refractivity contribution in [2.75, 3.05) is 13.3 Å². The summed E-state index contributed by atoms with van der Waals surface area (Å²) in [5.74, 6) is 0.134. The monoisotopic (exact) mass is 197 g/mol. The van der Waals surface area contributed by atoms with Crippen molar-refractivity contribution in [3.8, 4) is 0 Å². The van der Waals surface area contributed by atoms with E-state index in [4.69, 9.17) is 0 Å². The summed E-state index contributed by atoms with van der Waals surface area (Å²) in [5, 5.41) is 0. The SMILES string of the molecule is CN.CSc1ccccc1C(C)=O. The minimum Gasteiger partial charge on any atom is -0.333 e. The lowest BCUT2D eigenvalue weighted by molar-refractivity contribution is 0.101. The van der Waals surface area contributed by atoms with E-state index in [1.54, 1.807) is 18.7 Å². The highest BCUT2D eigenvalue weighted by Gasteiger charge is 2.03. The normalized spacial score (nSPS) is 8.62. The molecule has 0 fully saturated rings. The van der Waals surface area contributed by atoms with Crippen LogP contribution in [0.5, 0.6) is 0 Å². The predicted octanol–water partition coefficient (Wildman–Crippen LogP) is 2.19. The molecule has 0 amide bonds. The second kappa shape index (κ2) is 6.69. The summed E-state index contributed by atoms with van der Waals surface area (Å²) < 4.78 is 0. The Kier molecular flexibility index (Phi) is 6.28. The van der Waals surface area contributed by atoms with Gasteiger partial charge in [-0.15, -0.1) is 11.8 Å². The Morgan fingerprint density at radius 3 is 2.23 bits per heavy atom. The van der Waals surface area contributed by atoms with Gasteiger partial charge in [0.25, 0.3) is 0 Å². The van der Waals surface area contributed by atoms with Gasteiger partial charge in [-0.1, -0.05) is 18.2 Å². The van der Waals surface area contributed by atoms with Crippen molar-refractivity contribution < 1.29 is 4.79 Å². The number of carbonyl (C=O) groups excluding carboxylic acids is 1. The van der Waals surface area contributed by atoms with Gasteiger partial charge in [-0.2, -0.15) is 0 Å². The van der Waals surface area contributed by atoms with Gasteiger partial charge in [-0.25, -0.2) is 0 Å². The maximum absolute atomic E-state index is 11.0. The van der Waals surface area contributed by atoms with Crippen molar-refractivity contribution in [1.82, 2.24) is 0 Å². The third-order valence-electron chi connectivity index (χ3n) is 1.49. The second-order valence-electron chi connectivity index (χ2n) is 2.26. The Labute approximate surface area is 83.5 Å². The molecule has 0 spiro atoms. The lowest BCUT2D eigenvalue weighted by Gasteiger charge is -2.01. The fourth-order valence-electron chi connectivity index (χ4n) is 0.935. The molecule has 0 aliphatic heterocycles.